The van der Waals surface area contributed by atoms with Gasteiger partial charge in [-0.15, -0.1) is 0 Å². The normalized spacial score (nSPS) is 10.3. The molecule has 2 aromatic rings. The van der Waals surface area contributed by atoms with Gasteiger partial charge in [0.15, 0.2) is 5.16 Å². The number of nitrogens with one attached hydrogen (secondary N) is 1. The summed E-state index contributed by atoms with van der Waals surface area (Å²) in [6.07, 6.45) is 0. The number of aromatic amines is 1. The molecule has 1 aromatic heterocycles. The van der Waals surface area contributed by atoms with E-state index in [1.165, 1.54) is 17.8 Å². The van der Waals surface area contributed by atoms with E-state index in [0.29, 0.717) is 10.9 Å². The van der Waals surface area contributed by atoms with E-state index in [-0.39, 0.29) is 5.56 Å². The van der Waals surface area contributed by atoms with Gasteiger partial charge in [-0.2, -0.15) is 0 Å². The molecule has 0 unspecified atom stereocenters. The number of hydrogen-bond acceptors (Lipinski definition) is 4. The summed E-state index contributed by atoms with van der Waals surface area (Å²) in [5.74, 6) is 0. The Kier molecular flexibility index (Phi) is 2.96. The average molecular weight is 233 g/mol. The van der Waals surface area contributed by atoms with Crippen molar-refractivity contribution in [2.45, 2.75) is 17.0 Å². The number of aromatic nitrogens is 2. The molecule has 0 saturated carbocycles. The Labute approximate surface area is 96.9 Å². The Hall–Kier alpha value is -1.75. The molecule has 0 spiro atoms. The molecule has 0 aliphatic heterocycles. The maximum atomic E-state index is 11.2. The zero-order valence-corrected chi connectivity index (χ0v) is 9.54. The fourth-order valence-electron chi connectivity index (χ4n) is 1.25. The number of benzene rings is 1. The average Bonchev–Trinajstić information content (AvgIpc) is 2.20. The molecule has 4 nitrogen and oxygen atoms in total. The highest BCUT2D eigenvalue weighted by atomic mass is 32.2. The number of nitrogen functional groups attached to an aromatic ring is 1. The van der Waals surface area contributed by atoms with Crippen molar-refractivity contribution in [3.8, 4) is 0 Å². The topological polar surface area (TPSA) is 71.8 Å². The van der Waals surface area contributed by atoms with Crippen molar-refractivity contribution in [3.05, 3.63) is 46.4 Å². The van der Waals surface area contributed by atoms with E-state index >= 15 is 0 Å². The smallest absolute Gasteiger partial charge is 0.251 e. The molecule has 0 atom stereocenters. The Morgan fingerprint density at radius 3 is 2.62 bits per heavy atom. The van der Waals surface area contributed by atoms with Gasteiger partial charge in [0, 0.05) is 22.3 Å². The first-order valence-electron chi connectivity index (χ1n) is 4.75. The molecule has 0 saturated heterocycles. The van der Waals surface area contributed by atoms with E-state index in [1.54, 1.807) is 6.92 Å². The van der Waals surface area contributed by atoms with E-state index in [1.807, 2.05) is 24.3 Å². The van der Waals surface area contributed by atoms with E-state index < -0.39 is 0 Å². The lowest BCUT2D eigenvalue weighted by atomic mass is 10.3. The third-order valence-electron chi connectivity index (χ3n) is 1.94. The molecule has 0 radical (unpaired) electrons. The lowest BCUT2D eigenvalue weighted by Gasteiger charge is -2.01. The van der Waals surface area contributed by atoms with Gasteiger partial charge < -0.3 is 10.7 Å². The second-order valence-corrected chi connectivity index (χ2v) is 4.43. The van der Waals surface area contributed by atoms with Crippen LogP contribution in [0.4, 0.5) is 5.69 Å². The summed E-state index contributed by atoms with van der Waals surface area (Å²) in [6, 6.07) is 8.88. The van der Waals surface area contributed by atoms with Crippen LogP contribution in [0.3, 0.4) is 0 Å². The van der Waals surface area contributed by atoms with Crippen LogP contribution in [0.1, 0.15) is 5.69 Å². The van der Waals surface area contributed by atoms with Gasteiger partial charge in [0.1, 0.15) is 0 Å². The molecule has 1 aromatic carbocycles. The van der Waals surface area contributed by atoms with Gasteiger partial charge >= 0.3 is 0 Å². The van der Waals surface area contributed by atoms with Gasteiger partial charge in [-0.3, -0.25) is 4.79 Å². The molecular weight excluding hydrogens is 222 g/mol. The van der Waals surface area contributed by atoms with Crippen LogP contribution in [0.25, 0.3) is 0 Å². The maximum absolute atomic E-state index is 11.2. The highest BCUT2D eigenvalue weighted by molar-refractivity contribution is 7.99. The molecule has 0 aliphatic carbocycles. The van der Waals surface area contributed by atoms with Crippen molar-refractivity contribution >= 4 is 17.4 Å². The number of hydrogen-bond donors (Lipinski definition) is 2. The summed E-state index contributed by atoms with van der Waals surface area (Å²) in [5.41, 5.74) is 6.88. The molecule has 5 heteroatoms. The highest BCUT2D eigenvalue weighted by Gasteiger charge is 2.01. The Balaban J connectivity index is 2.26. The van der Waals surface area contributed by atoms with E-state index in [0.717, 1.165) is 10.6 Å². The van der Waals surface area contributed by atoms with Gasteiger partial charge in [-0.25, -0.2) is 4.98 Å². The third kappa shape index (κ3) is 2.64. The first-order valence-corrected chi connectivity index (χ1v) is 5.56. The SMILES string of the molecule is Cc1cc(=O)[nH]c(Sc2ccc(N)cc2)n1. The predicted molar refractivity (Wildman–Crippen MR) is 64.6 cm³/mol. The number of nitrogens with zero attached hydrogens (tertiary/aromatic N) is 1. The van der Waals surface area contributed by atoms with Gasteiger partial charge in [-0.05, 0) is 31.2 Å². The molecule has 0 bridgehead atoms. The number of H-pyrrole nitrogens is 1. The first kappa shape index (κ1) is 10.8. The molecule has 1 heterocycles. The van der Waals surface area contributed by atoms with E-state index in [9.17, 15) is 4.79 Å². The first-order chi connectivity index (χ1) is 7.63. The minimum atomic E-state index is -0.134. The largest absolute Gasteiger partial charge is 0.399 e. The van der Waals surface area contributed by atoms with Crippen molar-refractivity contribution in [1.82, 2.24) is 9.97 Å². The molecule has 0 amide bonds. The fourth-order valence-corrected chi connectivity index (χ4v) is 2.08. The van der Waals surface area contributed by atoms with Crippen LogP contribution in [0.2, 0.25) is 0 Å². The Morgan fingerprint density at radius 2 is 2.00 bits per heavy atom. The number of nitrogens with two attached hydrogens (primary N) is 1. The van der Waals surface area contributed by atoms with E-state index in [2.05, 4.69) is 9.97 Å². The van der Waals surface area contributed by atoms with Gasteiger partial charge in [-0.1, -0.05) is 11.8 Å². The second-order valence-electron chi connectivity index (χ2n) is 3.36. The number of aryl methyl sites for hydroxylation is 1. The highest BCUT2D eigenvalue weighted by Crippen LogP contribution is 2.24. The summed E-state index contributed by atoms with van der Waals surface area (Å²) in [5, 5.41) is 0.592. The summed E-state index contributed by atoms with van der Waals surface area (Å²) < 4.78 is 0. The van der Waals surface area contributed by atoms with Crippen LogP contribution < -0.4 is 11.3 Å². The quantitative estimate of drug-likeness (QED) is 0.613. The minimum Gasteiger partial charge on any atom is -0.399 e. The van der Waals surface area contributed by atoms with Crippen molar-refractivity contribution < 1.29 is 0 Å². The summed E-state index contributed by atoms with van der Waals surface area (Å²) in [7, 11) is 0. The monoisotopic (exact) mass is 233 g/mol. The Morgan fingerprint density at radius 1 is 1.31 bits per heavy atom. The summed E-state index contributed by atoms with van der Waals surface area (Å²) >= 11 is 1.40. The third-order valence-corrected chi connectivity index (χ3v) is 2.84. The fraction of sp³-hybridized carbons (Fsp3) is 0.0909. The second kappa shape index (κ2) is 4.40. The molecule has 82 valence electrons. The summed E-state index contributed by atoms with van der Waals surface area (Å²) in [4.78, 5) is 19.1. The standard InChI is InChI=1S/C11H11N3OS/c1-7-6-10(15)14-11(13-7)16-9-4-2-8(12)3-5-9/h2-6H,12H2,1H3,(H,13,14,15). The lowest BCUT2D eigenvalue weighted by Crippen LogP contribution is -2.07. The van der Waals surface area contributed by atoms with Gasteiger partial charge in [0.2, 0.25) is 0 Å². The lowest BCUT2D eigenvalue weighted by molar-refractivity contribution is 0.905. The molecule has 2 rings (SSSR count). The van der Waals surface area contributed by atoms with Crippen molar-refractivity contribution in [1.29, 1.82) is 0 Å². The van der Waals surface area contributed by atoms with Crippen LogP contribution in [-0.4, -0.2) is 9.97 Å². The number of anilines is 1. The van der Waals surface area contributed by atoms with Crippen molar-refractivity contribution in [3.63, 3.8) is 0 Å². The zero-order chi connectivity index (χ0) is 11.5. The predicted octanol–water partition coefficient (Wildman–Crippen LogP) is 1.81. The molecular formula is C11H11N3OS. The van der Waals surface area contributed by atoms with Crippen LogP contribution in [-0.2, 0) is 0 Å². The van der Waals surface area contributed by atoms with Gasteiger partial charge in [0.25, 0.3) is 5.56 Å². The molecule has 0 fully saturated rings. The van der Waals surface area contributed by atoms with Crippen LogP contribution >= 0.6 is 11.8 Å². The number of rotatable bonds is 2. The molecule has 0 aliphatic rings. The Bertz CT molecular complexity index is 548. The van der Waals surface area contributed by atoms with Crippen LogP contribution in [0.5, 0.6) is 0 Å². The van der Waals surface area contributed by atoms with Crippen molar-refractivity contribution in [2.75, 3.05) is 5.73 Å². The van der Waals surface area contributed by atoms with Crippen LogP contribution in [0.15, 0.2) is 45.2 Å². The molecule has 3 N–H and O–H groups in total. The van der Waals surface area contributed by atoms with Crippen molar-refractivity contribution in [2.24, 2.45) is 0 Å². The maximum Gasteiger partial charge on any atom is 0.251 e. The zero-order valence-electron chi connectivity index (χ0n) is 8.73. The minimum absolute atomic E-state index is 0.134. The molecule has 16 heavy (non-hydrogen) atoms. The van der Waals surface area contributed by atoms with E-state index in [4.69, 9.17) is 5.73 Å². The van der Waals surface area contributed by atoms with Gasteiger partial charge in [0.05, 0.1) is 0 Å². The van der Waals surface area contributed by atoms with Crippen LogP contribution in [0, 0.1) is 6.92 Å². The summed E-state index contributed by atoms with van der Waals surface area (Å²) in [6.45, 7) is 1.79.